The number of benzene rings is 1. The smallest absolute Gasteiger partial charge is 0.244 e. The van der Waals surface area contributed by atoms with E-state index in [2.05, 4.69) is 11.2 Å². The zero-order valence-electron chi connectivity index (χ0n) is 19.0. The lowest BCUT2D eigenvalue weighted by molar-refractivity contribution is -0.135. The van der Waals surface area contributed by atoms with Crippen molar-refractivity contribution in [1.82, 2.24) is 14.7 Å². The molecular weight excluding hydrogens is 422 g/mol. The van der Waals surface area contributed by atoms with Gasteiger partial charge in [0.1, 0.15) is 13.2 Å². The fourth-order valence-electron chi connectivity index (χ4n) is 4.36. The first-order valence-corrected chi connectivity index (χ1v) is 12.0. The molecular formula is C25H31N3O3S. The van der Waals surface area contributed by atoms with Crippen LogP contribution in [-0.4, -0.2) is 33.7 Å². The van der Waals surface area contributed by atoms with Crippen LogP contribution in [0.15, 0.2) is 41.8 Å². The summed E-state index contributed by atoms with van der Waals surface area (Å²) in [7, 11) is 1.65. The van der Waals surface area contributed by atoms with Crippen molar-refractivity contribution >= 4 is 17.2 Å². The van der Waals surface area contributed by atoms with Crippen molar-refractivity contribution in [3.63, 3.8) is 0 Å². The molecule has 0 spiro atoms. The lowest BCUT2D eigenvalue weighted by Gasteiger charge is -2.29. The second-order valence-corrected chi connectivity index (χ2v) is 9.43. The lowest BCUT2D eigenvalue weighted by Crippen LogP contribution is -2.40. The summed E-state index contributed by atoms with van der Waals surface area (Å²) >= 11 is 1.67. The summed E-state index contributed by atoms with van der Waals surface area (Å²) in [6.45, 7) is 5.28. The summed E-state index contributed by atoms with van der Waals surface area (Å²) in [5.41, 5.74) is 2.99. The van der Waals surface area contributed by atoms with Crippen LogP contribution >= 0.6 is 11.3 Å². The van der Waals surface area contributed by atoms with Gasteiger partial charge in [-0.25, -0.2) is 0 Å². The molecule has 2 aromatic heterocycles. The zero-order valence-corrected chi connectivity index (χ0v) is 19.9. The minimum absolute atomic E-state index is 0.111. The number of rotatable bonds is 9. The topological polar surface area (TPSA) is 56.6 Å². The van der Waals surface area contributed by atoms with Crippen LogP contribution < -0.4 is 9.47 Å². The van der Waals surface area contributed by atoms with E-state index < -0.39 is 0 Å². The molecule has 32 heavy (non-hydrogen) atoms. The molecule has 170 valence electrons. The second-order valence-electron chi connectivity index (χ2n) is 8.40. The van der Waals surface area contributed by atoms with E-state index in [1.807, 2.05) is 59.1 Å². The fraction of sp³-hybridized carbons (Fsp3) is 0.440. The maximum Gasteiger partial charge on any atom is 0.244 e. The molecule has 7 heteroatoms. The number of methoxy groups -OCH3 is 1. The molecule has 1 aliphatic carbocycles. The van der Waals surface area contributed by atoms with Crippen LogP contribution in [0.2, 0.25) is 0 Å². The highest BCUT2D eigenvalue weighted by molar-refractivity contribution is 7.09. The van der Waals surface area contributed by atoms with Crippen LogP contribution in [0.4, 0.5) is 0 Å². The predicted octanol–water partition coefficient (Wildman–Crippen LogP) is 5.12. The van der Waals surface area contributed by atoms with Crippen LogP contribution in [0.1, 0.15) is 47.5 Å². The summed E-state index contributed by atoms with van der Waals surface area (Å²) in [6, 6.07) is 12.3. The highest BCUT2D eigenvalue weighted by Crippen LogP contribution is 2.31. The van der Waals surface area contributed by atoms with E-state index in [-0.39, 0.29) is 18.5 Å². The van der Waals surface area contributed by atoms with Gasteiger partial charge in [0.2, 0.25) is 5.91 Å². The third-order valence-electron chi connectivity index (χ3n) is 6.01. The standard InChI is InChI=1S/C25H31N3O3S/c1-18-13-19(2)28(26-18)16-25(29)27(21-7-4-5-8-21)15-20-10-11-23(30-3)24(14-20)31-17-22-9-6-12-32-22/h6,9-14,21H,4-5,7-8,15-17H2,1-3H3. The molecule has 3 aromatic rings. The van der Waals surface area contributed by atoms with Gasteiger partial charge in [-0.1, -0.05) is 25.0 Å². The molecule has 0 radical (unpaired) electrons. The van der Waals surface area contributed by atoms with E-state index in [4.69, 9.17) is 9.47 Å². The van der Waals surface area contributed by atoms with Gasteiger partial charge in [0.15, 0.2) is 11.5 Å². The Balaban J connectivity index is 1.52. The van der Waals surface area contributed by atoms with Crippen LogP contribution in [0.25, 0.3) is 0 Å². The molecule has 0 N–H and O–H groups in total. The van der Waals surface area contributed by atoms with Crippen molar-refractivity contribution in [2.75, 3.05) is 7.11 Å². The van der Waals surface area contributed by atoms with Crippen molar-refractivity contribution in [3.05, 3.63) is 63.6 Å². The normalized spacial score (nSPS) is 14.0. The van der Waals surface area contributed by atoms with Gasteiger partial charge in [-0.05, 0) is 61.9 Å². The average Bonchev–Trinajstić information content (AvgIpc) is 3.54. The van der Waals surface area contributed by atoms with Gasteiger partial charge >= 0.3 is 0 Å². The summed E-state index contributed by atoms with van der Waals surface area (Å²) in [6.07, 6.45) is 4.46. The van der Waals surface area contributed by atoms with E-state index >= 15 is 0 Å². The molecule has 1 amide bonds. The number of aromatic nitrogens is 2. The van der Waals surface area contributed by atoms with Crippen molar-refractivity contribution in [3.8, 4) is 11.5 Å². The highest BCUT2D eigenvalue weighted by atomic mass is 32.1. The first kappa shape index (κ1) is 22.4. The highest BCUT2D eigenvalue weighted by Gasteiger charge is 2.27. The van der Waals surface area contributed by atoms with Crippen LogP contribution in [0, 0.1) is 13.8 Å². The van der Waals surface area contributed by atoms with Crippen molar-refractivity contribution in [2.45, 2.75) is 65.3 Å². The Bertz CT molecular complexity index is 1040. The number of aryl methyl sites for hydroxylation is 2. The van der Waals surface area contributed by atoms with Gasteiger partial charge in [-0.15, -0.1) is 11.3 Å². The number of nitrogens with zero attached hydrogens (tertiary/aromatic N) is 3. The monoisotopic (exact) mass is 453 g/mol. The minimum Gasteiger partial charge on any atom is -0.493 e. The molecule has 0 unspecified atom stereocenters. The first-order chi connectivity index (χ1) is 15.5. The summed E-state index contributed by atoms with van der Waals surface area (Å²) in [4.78, 5) is 16.6. The van der Waals surface area contributed by atoms with Crippen LogP contribution in [-0.2, 0) is 24.5 Å². The Kier molecular flexibility index (Phi) is 7.15. The number of ether oxygens (including phenoxy) is 2. The summed E-state index contributed by atoms with van der Waals surface area (Å²) in [5, 5.41) is 6.53. The van der Waals surface area contributed by atoms with Crippen LogP contribution in [0.5, 0.6) is 11.5 Å². The quantitative estimate of drug-likeness (QED) is 0.451. The van der Waals surface area contributed by atoms with Gasteiger partial charge in [-0.3, -0.25) is 9.48 Å². The summed E-state index contributed by atoms with van der Waals surface area (Å²) in [5.74, 6) is 1.52. The van der Waals surface area contributed by atoms with Crippen LogP contribution in [0.3, 0.4) is 0 Å². The van der Waals surface area contributed by atoms with E-state index in [9.17, 15) is 4.79 Å². The van der Waals surface area contributed by atoms with Gasteiger partial charge in [0, 0.05) is 23.2 Å². The Morgan fingerprint density at radius 3 is 2.66 bits per heavy atom. The molecule has 6 nitrogen and oxygen atoms in total. The van der Waals surface area contributed by atoms with Crippen molar-refractivity contribution in [2.24, 2.45) is 0 Å². The Hall–Kier alpha value is -2.80. The van der Waals surface area contributed by atoms with Gasteiger partial charge in [0.25, 0.3) is 0 Å². The molecule has 1 aliphatic rings. The Morgan fingerprint density at radius 1 is 1.19 bits per heavy atom. The van der Waals surface area contributed by atoms with Crippen molar-refractivity contribution < 1.29 is 14.3 Å². The van der Waals surface area contributed by atoms with Gasteiger partial charge in [-0.2, -0.15) is 5.10 Å². The van der Waals surface area contributed by atoms with Crippen molar-refractivity contribution in [1.29, 1.82) is 0 Å². The van der Waals surface area contributed by atoms with E-state index in [0.717, 1.165) is 34.7 Å². The maximum absolute atomic E-state index is 13.4. The molecule has 0 aliphatic heterocycles. The number of amides is 1. The number of hydrogen-bond donors (Lipinski definition) is 0. The molecule has 2 heterocycles. The summed E-state index contributed by atoms with van der Waals surface area (Å²) < 4.78 is 13.4. The third kappa shape index (κ3) is 5.33. The largest absolute Gasteiger partial charge is 0.493 e. The maximum atomic E-state index is 13.4. The number of carbonyl (C=O) groups excluding carboxylic acids is 1. The van der Waals surface area contributed by atoms with E-state index in [1.165, 1.54) is 12.8 Å². The van der Waals surface area contributed by atoms with Gasteiger partial charge in [0.05, 0.1) is 12.8 Å². The molecule has 1 aromatic carbocycles. The lowest BCUT2D eigenvalue weighted by atomic mass is 10.1. The van der Waals surface area contributed by atoms with Gasteiger partial charge < -0.3 is 14.4 Å². The zero-order chi connectivity index (χ0) is 22.5. The minimum atomic E-state index is 0.111. The molecule has 0 atom stereocenters. The Labute approximate surface area is 193 Å². The van der Waals surface area contributed by atoms with E-state index in [1.54, 1.807) is 18.4 Å². The number of thiophene rings is 1. The number of carbonyl (C=O) groups is 1. The predicted molar refractivity (Wildman–Crippen MR) is 126 cm³/mol. The fourth-order valence-corrected chi connectivity index (χ4v) is 4.98. The average molecular weight is 454 g/mol. The Morgan fingerprint density at radius 2 is 2.00 bits per heavy atom. The molecule has 4 rings (SSSR count). The molecule has 0 bridgehead atoms. The first-order valence-electron chi connectivity index (χ1n) is 11.2. The molecule has 1 saturated carbocycles. The van der Waals surface area contributed by atoms with E-state index in [0.29, 0.717) is 24.7 Å². The molecule has 0 saturated heterocycles. The molecule has 1 fully saturated rings. The SMILES string of the molecule is COc1ccc(CN(C(=O)Cn2nc(C)cc2C)C2CCCC2)cc1OCc1cccs1. The second kappa shape index (κ2) is 10.2. The number of hydrogen-bond acceptors (Lipinski definition) is 5. The third-order valence-corrected chi connectivity index (χ3v) is 6.86.